The Morgan fingerprint density at radius 3 is 2.30 bits per heavy atom. The molecule has 0 unspecified atom stereocenters. The molecule has 180 valence electrons. The summed E-state index contributed by atoms with van der Waals surface area (Å²) < 4.78 is 26.0. The van der Waals surface area contributed by atoms with E-state index < -0.39 is 28.5 Å². The molecule has 0 fully saturated rings. The molecule has 2 atom stereocenters. The van der Waals surface area contributed by atoms with Crippen LogP contribution in [0.15, 0.2) is 48.5 Å². The van der Waals surface area contributed by atoms with Crippen molar-refractivity contribution in [3.63, 3.8) is 0 Å². The number of halogens is 2. The summed E-state index contributed by atoms with van der Waals surface area (Å²) in [6, 6.07) is 12.3. The number of rotatable bonds is 10. The van der Waals surface area contributed by atoms with E-state index in [0.29, 0.717) is 15.6 Å². The van der Waals surface area contributed by atoms with Crippen LogP contribution in [-0.2, 0) is 26.2 Å². The minimum absolute atomic E-state index is 0.0424. The Labute approximate surface area is 205 Å². The Kier molecular flexibility index (Phi) is 9.57. The lowest BCUT2D eigenvalue weighted by Gasteiger charge is -2.32. The molecule has 2 aromatic carbocycles. The van der Waals surface area contributed by atoms with Crippen LogP contribution in [0.2, 0.25) is 10.0 Å². The first-order chi connectivity index (χ1) is 15.4. The third-order valence-corrected chi connectivity index (χ3v) is 6.99. The summed E-state index contributed by atoms with van der Waals surface area (Å²) in [4.78, 5) is 27.6. The van der Waals surface area contributed by atoms with E-state index in [2.05, 4.69) is 5.32 Å². The van der Waals surface area contributed by atoms with Crippen molar-refractivity contribution >= 4 is 50.7 Å². The maximum absolute atomic E-state index is 13.4. The lowest BCUT2D eigenvalue weighted by molar-refractivity contribution is -0.139. The molecule has 0 aliphatic heterocycles. The fourth-order valence-electron chi connectivity index (χ4n) is 3.10. The molecule has 0 aromatic heterocycles. The van der Waals surface area contributed by atoms with Crippen molar-refractivity contribution in [1.82, 2.24) is 10.2 Å². The summed E-state index contributed by atoms with van der Waals surface area (Å²) in [5.41, 5.74) is 0.900. The van der Waals surface area contributed by atoms with Gasteiger partial charge in [-0.05, 0) is 50.1 Å². The van der Waals surface area contributed by atoms with Gasteiger partial charge in [0.05, 0.1) is 11.9 Å². The van der Waals surface area contributed by atoms with E-state index in [0.717, 1.165) is 17.0 Å². The zero-order valence-corrected chi connectivity index (χ0v) is 21.4. The summed E-state index contributed by atoms with van der Waals surface area (Å²) in [5.74, 6) is -0.884. The van der Waals surface area contributed by atoms with E-state index in [4.69, 9.17) is 23.2 Å². The van der Waals surface area contributed by atoms with Crippen LogP contribution in [-0.4, -0.2) is 50.0 Å². The summed E-state index contributed by atoms with van der Waals surface area (Å²) >= 11 is 12.3. The van der Waals surface area contributed by atoms with Crippen molar-refractivity contribution < 1.29 is 18.0 Å². The van der Waals surface area contributed by atoms with Gasteiger partial charge in [0.25, 0.3) is 0 Å². The van der Waals surface area contributed by atoms with Gasteiger partial charge in [0.2, 0.25) is 21.8 Å². The van der Waals surface area contributed by atoms with Gasteiger partial charge in [0.15, 0.2) is 0 Å². The van der Waals surface area contributed by atoms with Crippen molar-refractivity contribution in [2.75, 3.05) is 17.1 Å². The first kappa shape index (κ1) is 27.0. The molecular formula is C23H29Cl2N3O4S. The molecule has 0 saturated heterocycles. The minimum Gasteiger partial charge on any atom is -0.352 e. The van der Waals surface area contributed by atoms with Crippen LogP contribution in [0.4, 0.5) is 5.69 Å². The molecule has 10 heteroatoms. The summed E-state index contributed by atoms with van der Waals surface area (Å²) in [6.45, 7) is 4.97. The second kappa shape index (κ2) is 11.7. The van der Waals surface area contributed by atoms with Gasteiger partial charge in [-0.25, -0.2) is 8.42 Å². The smallest absolute Gasteiger partial charge is 0.244 e. The fourth-order valence-corrected chi connectivity index (χ4v) is 4.32. The molecule has 0 saturated carbocycles. The predicted molar refractivity (Wildman–Crippen MR) is 133 cm³/mol. The van der Waals surface area contributed by atoms with Crippen LogP contribution in [0.3, 0.4) is 0 Å². The molecule has 0 bridgehead atoms. The molecule has 7 nitrogen and oxygen atoms in total. The number of amides is 2. The first-order valence-electron chi connectivity index (χ1n) is 10.5. The van der Waals surface area contributed by atoms with Crippen LogP contribution >= 0.6 is 23.2 Å². The topological polar surface area (TPSA) is 86.8 Å². The van der Waals surface area contributed by atoms with Crippen LogP contribution < -0.4 is 9.62 Å². The molecule has 2 rings (SSSR count). The normalized spacial score (nSPS) is 13.2. The summed E-state index contributed by atoms with van der Waals surface area (Å²) in [7, 11) is -3.81. The Hall–Kier alpha value is -2.29. The third kappa shape index (κ3) is 7.62. The van der Waals surface area contributed by atoms with Crippen LogP contribution in [0.1, 0.15) is 32.8 Å². The monoisotopic (exact) mass is 513 g/mol. The average molecular weight is 514 g/mol. The third-order valence-electron chi connectivity index (χ3n) is 5.24. The van der Waals surface area contributed by atoms with E-state index in [1.54, 1.807) is 49.4 Å². The molecule has 33 heavy (non-hydrogen) atoms. The highest BCUT2D eigenvalue weighted by Gasteiger charge is 2.30. The predicted octanol–water partition coefficient (Wildman–Crippen LogP) is 4.09. The van der Waals surface area contributed by atoms with Crippen LogP contribution in [0.25, 0.3) is 0 Å². The molecule has 0 aliphatic rings. The van der Waals surface area contributed by atoms with Crippen molar-refractivity contribution in [3.8, 4) is 0 Å². The highest BCUT2D eigenvalue weighted by molar-refractivity contribution is 7.92. The number of carbonyl (C=O) groups excluding carboxylic acids is 2. The summed E-state index contributed by atoms with van der Waals surface area (Å²) in [6.07, 6.45) is 1.74. The quantitative estimate of drug-likeness (QED) is 0.518. The summed E-state index contributed by atoms with van der Waals surface area (Å²) in [5, 5.41) is 3.65. The Balaban J connectivity index is 2.40. The van der Waals surface area contributed by atoms with Gasteiger partial charge >= 0.3 is 0 Å². The number of sulfonamides is 1. The lowest BCUT2D eigenvalue weighted by atomic mass is 10.1. The van der Waals surface area contributed by atoms with E-state index >= 15 is 0 Å². The van der Waals surface area contributed by atoms with Gasteiger partial charge in [0, 0.05) is 22.6 Å². The highest BCUT2D eigenvalue weighted by Crippen LogP contribution is 2.23. The molecule has 0 heterocycles. The zero-order valence-electron chi connectivity index (χ0n) is 19.1. The SMILES string of the molecule is CC[C@@H](C)NC(=O)[C@@H](C)N(Cc1ccccc1Cl)C(=O)CN(c1cccc(Cl)c1)S(C)(=O)=O. The molecule has 2 amide bonds. The maximum Gasteiger partial charge on any atom is 0.244 e. The van der Waals surface area contributed by atoms with Gasteiger partial charge in [-0.15, -0.1) is 0 Å². The Morgan fingerprint density at radius 2 is 1.73 bits per heavy atom. The van der Waals surface area contributed by atoms with Gasteiger partial charge < -0.3 is 10.2 Å². The molecule has 0 spiro atoms. The van der Waals surface area contributed by atoms with Gasteiger partial charge in [-0.2, -0.15) is 0 Å². The van der Waals surface area contributed by atoms with Gasteiger partial charge in [-0.3, -0.25) is 13.9 Å². The Bertz CT molecular complexity index is 1090. The van der Waals surface area contributed by atoms with Crippen LogP contribution in [0.5, 0.6) is 0 Å². The number of hydrogen-bond acceptors (Lipinski definition) is 4. The van der Waals surface area contributed by atoms with Crippen LogP contribution in [0, 0.1) is 0 Å². The van der Waals surface area contributed by atoms with E-state index in [-0.39, 0.29) is 24.2 Å². The number of anilines is 1. The Morgan fingerprint density at radius 1 is 1.06 bits per heavy atom. The average Bonchev–Trinajstić information content (AvgIpc) is 2.75. The molecule has 1 N–H and O–H groups in total. The van der Waals surface area contributed by atoms with Gasteiger partial charge in [-0.1, -0.05) is 54.4 Å². The minimum atomic E-state index is -3.81. The van der Waals surface area contributed by atoms with E-state index in [1.807, 2.05) is 13.8 Å². The molecule has 0 aliphatic carbocycles. The van der Waals surface area contributed by atoms with Crippen molar-refractivity contribution in [1.29, 1.82) is 0 Å². The zero-order chi connectivity index (χ0) is 24.8. The number of benzene rings is 2. The van der Waals surface area contributed by atoms with Crippen molar-refractivity contribution in [2.45, 2.75) is 45.8 Å². The second-order valence-corrected chi connectivity index (χ2v) is 10.6. The van der Waals surface area contributed by atoms with E-state index in [1.165, 1.54) is 11.0 Å². The largest absolute Gasteiger partial charge is 0.352 e. The van der Waals surface area contributed by atoms with Crippen molar-refractivity contribution in [3.05, 3.63) is 64.1 Å². The lowest BCUT2D eigenvalue weighted by Crippen LogP contribution is -2.52. The number of hydrogen-bond donors (Lipinski definition) is 1. The first-order valence-corrected chi connectivity index (χ1v) is 13.1. The standard InChI is InChI=1S/C23H29Cl2N3O4S/c1-5-16(2)26-23(30)17(3)27(14-18-9-6-7-12-21(18)25)22(29)15-28(33(4,31)32)20-11-8-10-19(24)13-20/h6-13,16-17H,5,14-15H2,1-4H3,(H,26,30)/t16-,17-/m1/s1. The van der Waals surface area contributed by atoms with Gasteiger partial charge in [0.1, 0.15) is 12.6 Å². The molecule has 2 aromatic rings. The number of nitrogens with zero attached hydrogens (tertiary/aromatic N) is 2. The van der Waals surface area contributed by atoms with E-state index in [9.17, 15) is 18.0 Å². The fraction of sp³-hybridized carbons (Fsp3) is 0.391. The molecular weight excluding hydrogens is 485 g/mol. The number of carbonyl (C=O) groups is 2. The molecule has 0 radical (unpaired) electrons. The highest BCUT2D eigenvalue weighted by atomic mass is 35.5. The maximum atomic E-state index is 13.4. The second-order valence-electron chi connectivity index (χ2n) is 7.86. The van der Waals surface area contributed by atoms with Crippen molar-refractivity contribution in [2.24, 2.45) is 0 Å². The number of nitrogens with one attached hydrogen (secondary N) is 1.